The number of rotatable bonds is 1. The van der Waals surface area contributed by atoms with E-state index in [1.807, 2.05) is 11.3 Å². The van der Waals surface area contributed by atoms with Gasteiger partial charge in [0.2, 0.25) is 0 Å². The lowest BCUT2D eigenvalue weighted by atomic mass is 10.2. The van der Waals surface area contributed by atoms with Crippen molar-refractivity contribution in [3.05, 3.63) is 17.5 Å². The number of thiophene rings is 1. The highest BCUT2D eigenvalue weighted by Gasteiger charge is 2.15. The lowest BCUT2D eigenvalue weighted by Gasteiger charge is -2.32. The number of nitrogens with zero attached hydrogens (tertiary/aromatic N) is 1. The summed E-state index contributed by atoms with van der Waals surface area (Å²) in [5.74, 6) is 0. The Balaban J connectivity index is 2.04. The first kappa shape index (κ1) is 8.08. The van der Waals surface area contributed by atoms with Crippen molar-refractivity contribution in [2.75, 3.05) is 24.5 Å². The van der Waals surface area contributed by atoms with Gasteiger partial charge >= 0.3 is 0 Å². The van der Waals surface area contributed by atoms with Crippen LogP contribution in [0, 0.1) is 0 Å². The standard InChI is InChI=1S/C9H14N2S/c1-8-7-11(5-4-10-8)9-3-2-6-12-9/h2-3,6,8,10H,4-5,7H2,1H3. The summed E-state index contributed by atoms with van der Waals surface area (Å²) in [5, 5.41) is 6.98. The molecule has 3 heteroatoms. The molecular formula is C9H14N2S. The fraction of sp³-hybridized carbons (Fsp3) is 0.556. The zero-order chi connectivity index (χ0) is 8.39. The summed E-state index contributed by atoms with van der Waals surface area (Å²) in [6.45, 7) is 5.63. The Bertz CT molecular complexity index is 233. The van der Waals surface area contributed by atoms with E-state index in [2.05, 4.69) is 34.7 Å². The van der Waals surface area contributed by atoms with Gasteiger partial charge < -0.3 is 10.2 Å². The third-order valence-corrected chi connectivity index (χ3v) is 3.12. The number of hydrogen-bond acceptors (Lipinski definition) is 3. The lowest BCUT2D eigenvalue weighted by Crippen LogP contribution is -2.49. The molecule has 1 aliphatic rings. The first-order valence-electron chi connectivity index (χ1n) is 4.38. The summed E-state index contributed by atoms with van der Waals surface area (Å²) in [4.78, 5) is 2.45. The van der Waals surface area contributed by atoms with Crippen LogP contribution in [0.2, 0.25) is 0 Å². The van der Waals surface area contributed by atoms with Gasteiger partial charge in [0.1, 0.15) is 0 Å². The minimum absolute atomic E-state index is 0.626. The lowest BCUT2D eigenvalue weighted by molar-refractivity contribution is 0.486. The maximum Gasteiger partial charge on any atom is 0.0909 e. The summed E-state index contributed by atoms with van der Waals surface area (Å²) in [7, 11) is 0. The summed E-state index contributed by atoms with van der Waals surface area (Å²) < 4.78 is 0. The predicted molar refractivity (Wildman–Crippen MR) is 54.0 cm³/mol. The molecule has 12 heavy (non-hydrogen) atoms. The summed E-state index contributed by atoms with van der Waals surface area (Å²) in [5.41, 5.74) is 0. The van der Waals surface area contributed by atoms with E-state index in [1.165, 1.54) is 5.00 Å². The molecule has 1 N–H and O–H groups in total. The second-order valence-corrected chi connectivity index (χ2v) is 4.18. The molecule has 1 aliphatic heterocycles. The molecule has 1 saturated heterocycles. The number of piperazine rings is 1. The Labute approximate surface area is 77.2 Å². The van der Waals surface area contributed by atoms with Gasteiger partial charge in [-0.3, -0.25) is 0 Å². The van der Waals surface area contributed by atoms with Crippen LogP contribution in [0.15, 0.2) is 17.5 Å². The predicted octanol–water partition coefficient (Wildman–Crippen LogP) is 1.55. The van der Waals surface area contributed by atoms with Crippen LogP contribution >= 0.6 is 11.3 Å². The Hall–Kier alpha value is -0.540. The van der Waals surface area contributed by atoms with Crippen molar-refractivity contribution in [2.24, 2.45) is 0 Å². The molecule has 1 aromatic heterocycles. The van der Waals surface area contributed by atoms with Crippen LogP contribution in [0.1, 0.15) is 6.92 Å². The van der Waals surface area contributed by atoms with Gasteiger partial charge in [0.15, 0.2) is 0 Å². The van der Waals surface area contributed by atoms with E-state index in [-0.39, 0.29) is 0 Å². The van der Waals surface area contributed by atoms with Crippen molar-refractivity contribution in [3.8, 4) is 0 Å². The maximum absolute atomic E-state index is 3.44. The first-order chi connectivity index (χ1) is 5.86. The first-order valence-corrected chi connectivity index (χ1v) is 5.26. The quantitative estimate of drug-likeness (QED) is 0.709. The fourth-order valence-corrected chi connectivity index (χ4v) is 2.35. The van der Waals surface area contributed by atoms with E-state index in [4.69, 9.17) is 0 Å². The molecule has 66 valence electrons. The molecule has 0 aromatic carbocycles. The molecule has 2 rings (SSSR count). The van der Waals surface area contributed by atoms with Crippen LogP contribution in [0.3, 0.4) is 0 Å². The zero-order valence-corrected chi connectivity index (χ0v) is 8.10. The second kappa shape index (κ2) is 3.46. The highest BCUT2D eigenvalue weighted by Crippen LogP contribution is 2.21. The molecular weight excluding hydrogens is 168 g/mol. The molecule has 0 aliphatic carbocycles. The Morgan fingerprint density at radius 1 is 1.67 bits per heavy atom. The molecule has 2 nitrogen and oxygen atoms in total. The van der Waals surface area contributed by atoms with Gasteiger partial charge in [-0.05, 0) is 24.4 Å². The van der Waals surface area contributed by atoms with Gasteiger partial charge in [-0.1, -0.05) is 0 Å². The summed E-state index contributed by atoms with van der Waals surface area (Å²) >= 11 is 1.83. The molecule has 0 radical (unpaired) electrons. The molecule has 1 aromatic rings. The van der Waals surface area contributed by atoms with Crippen LogP contribution in [0.5, 0.6) is 0 Å². The normalized spacial score (nSPS) is 24.4. The molecule has 2 heterocycles. The molecule has 0 spiro atoms. The van der Waals surface area contributed by atoms with Gasteiger partial charge in [-0.25, -0.2) is 0 Å². The van der Waals surface area contributed by atoms with Crippen LogP contribution in [-0.2, 0) is 0 Å². The topological polar surface area (TPSA) is 15.3 Å². The van der Waals surface area contributed by atoms with Gasteiger partial charge in [0, 0.05) is 25.7 Å². The Morgan fingerprint density at radius 3 is 3.25 bits per heavy atom. The molecule has 0 saturated carbocycles. The highest BCUT2D eigenvalue weighted by atomic mass is 32.1. The van der Waals surface area contributed by atoms with Gasteiger partial charge in [-0.15, -0.1) is 11.3 Å². The Morgan fingerprint density at radius 2 is 2.58 bits per heavy atom. The monoisotopic (exact) mass is 182 g/mol. The van der Waals surface area contributed by atoms with Gasteiger partial charge in [-0.2, -0.15) is 0 Å². The average Bonchev–Trinajstić information content (AvgIpc) is 2.56. The summed E-state index contributed by atoms with van der Waals surface area (Å²) in [6, 6.07) is 4.94. The van der Waals surface area contributed by atoms with Gasteiger partial charge in [0.05, 0.1) is 5.00 Å². The van der Waals surface area contributed by atoms with E-state index in [0.717, 1.165) is 19.6 Å². The average molecular weight is 182 g/mol. The molecule has 0 bridgehead atoms. The van der Waals surface area contributed by atoms with Crippen molar-refractivity contribution >= 4 is 16.3 Å². The smallest absolute Gasteiger partial charge is 0.0909 e. The number of nitrogens with one attached hydrogen (secondary N) is 1. The van der Waals surface area contributed by atoms with E-state index in [0.29, 0.717) is 6.04 Å². The third kappa shape index (κ3) is 1.62. The van der Waals surface area contributed by atoms with Crippen molar-refractivity contribution in [3.63, 3.8) is 0 Å². The Kier molecular flexibility index (Phi) is 2.33. The summed E-state index contributed by atoms with van der Waals surface area (Å²) in [6.07, 6.45) is 0. The van der Waals surface area contributed by atoms with Crippen molar-refractivity contribution in [1.82, 2.24) is 5.32 Å². The number of hydrogen-bond donors (Lipinski definition) is 1. The van der Waals surface area contributed by atoms with Crippen molar-refractivity contribution in [1.29, 1.82) is 0 Å². The molecule has 1 fully saturated rings. The van der Waals surface area contributed by atoms with Crippen LogP contribution < -0.4 is 10.2 Å². The fourth-order valence-electron chi connectivity index (χ4n) is 1.58. The minimum Gasteiger partial charge on any atom is -0.361 e. The van der Waals surface area contributed by atoms with Crippen molar-refractivity contribution < 1.29 is 0 Å². The number of anilines is 1. The van der Waals surface area contributed by atoms with E-state index in [9.17, 15) is 0 Å². The van der Waals surface area contributed by atoms with Gasteiger partial charge in [0.25, 0.3) is 0 Å². The van der Waals surface area contributed by atoms with Crippen molar-refractivity contribution in [2.45, 2.75) is 13.0 Å². The molecule has 0 amide bonds. The zero-order valence-electron chi connectivity index (χ0n) is 7.29. The second-order valence-electron chi connectivity index (χ2n) is 3.25. The van der Waals surface area contributed by atoms with Crippen LogP contribution in [0.4, 0.5) is 5.00 Å². The van der Waals surface area contributed by atoms with Crippen LogP contribution in [-0.4, -0.2) is 25.7 Å². The van der Waals surface area contributed by atoms with E-state index >= 15 is 0 Å². The highest BCUT2D eigenvalue weighted by molar-refractivity contribution is 7.14. The largest absolute Gasteiger partial charge is 0.361 e. The SMILES string of the molecule is CC1CN(c2cccs2)CCN1. The van der Waals surface area contributed by atoms with E-state index < -0.39 is 0 Å². The third-order valence-electron chi connectivity index (χ3n) is 2.19. The minimum atomic E-state index is 0.626. The maximum atomic E-state index is 3.44. The molecule has 1 unspecified atom stereocenters. The van der Waals surface area contributed by atoms with Crippen LogP contribution in [0.25, 0.3) is 0 Å². The van der Waals surface area contributed by atoms with E-state index in [1.54, 1.807) is 0 Å². The molecule has 1 atom stereocenters.